The first-order valence-corrected chi connectivity index (χ1v) is 7.78. The Labute approximate surface area is 136 Å². The van der Waals surface area contributed by atoms with Crippen molar-refractivity contribution in [2.45, 2.75) is 32.8 Å². The van der Waals surface area contributed by atoms with Crippen LogP contribution in [0.5, 0.6) is 11.5 Å². The van der Waals surface area contributed by atoms with Crippen molar-refractivity contribution in [1.29, 1.82) is 0 Å². The lowest BCUT2D eigenvalue weighted by Crippen LogP contribution is -2.20. The van der Waals surface area contributed by atoms with Gasteiger partial charge < -0.3 is 9.84 Å². The summed E-state index contributed by atoms with van der Waals surface area (Å²) in [6.07, 6.45) is 2.67. The summed E-state index contributed by atoms with van der Waals surface area (Å²) in [5.41, 5.74) is 3.46. The maximum atomic E-state index is 12.5. The van der Waals surface area contributed by atoms with Gasteiger partial charge in [0.2, 0.25) is 0 Å². The van der Waals surface area contributed by atoms with E-state index in [4.69, 9.17) is 4.74 Å². The monoisotopic (exact) mass is 308 g/mol. The van der Waals surface area contributed by atoms with Gasteiger partial charge in [0, 0.05) is 6.07 Å². The van der Waals surface area contributed by atoms with Crippen molar-refractivity contribution in [3.8, 4) is 11.5 Å². The van der Waals surface area contributed by atoms with Crippen molar-refractivity contribution in [3.05, 3.63) is 70.8 Å². The first kappa shape index (κ1) is 15.3. The summed E-state index contributed by atoms with van der Waals surface area (Å²) in [6.45, 7) is 4.02. The molecule has 0 saturated carbocycles. The van der Waals surface area contributed by atoms with E-state index in [2.05, 4.69) is 0 Å². The lowest BCUT2D eigenvalue weighted by atomic mass is 9.94. The predicted molar refractivity (Wildman–Crippen MR) is 90.0 cm³/mol. The molecule has 1 aliphatic rings. The molecule has 0 radical (unpaired) electrons. The molecule has 3 heteroatoms. The molecule has 0 aromatic heterocycles. The van der Waals surface area contributed by atoms with Gasteiger partial charge in [-0.15, -0.1) is 0 Å². The average Bonchev–Trinajstić information content (AvgIpc) is 2.53. The first-order valence-electron chi connectivity index (χ1n) is 7.78. The van der Waals surface area contributed by atoms with Crippen molar-refractivity contribution < 1.29 is 14.6 Å². The molecule has 0 amide bonds. The number of rotatable bonds is 3. The Hall–Kier alpha value is -2.55. The molecule has 0 saturated heterocycles. The van der Waals surface area contributed by atoms with E-state index >= 15 is 0 Å². The van der Waals surface area contributed by atoms with Gasteiger partial charge in [-0.2, -0.15) is 0 Å². The maximum Gasteiger partial charge on any atom is 0.170 e. The van der Waals surface area contributed by atoms with Crippen LogP contribution in [0.3, 0.4) is 0 Å². The number of allylic oxidation sites excluding steroid dienone is 2. The fourth-order valence-electron chi connectivity index (χ4n) is 2.73. The third-order valence-electron chi connectivity index (χ3n) is 4.02. The number of phenolic OH excluding ortho intramolecular Hbond substituents is 1. The lowest BCUT2D eigenvalue weighted by Gasteiger charge is -2.26. The summed E-state index contributed by atoms with van der Waals surface area (Å²) >= 11 is 0. The van der Waals surface area contributed by atoms with E-state index in [9.17, 15) is 9.90 Å². The van der Waals surface area contributed by atoms with Crippen molar-refractivity contribution in [3.63, 3.8) is 0 Å². The summed E-state index contributed by atoms with van der Waals surface area (Å²) in [5.74, 6) is 0.690. The molecule has 2 aromatic carbocycles. The summed E-state index contributed by atoms with van der Waals surface area (Å²) in [5, 5.41) is 10.2. The Morgan fingerprint density at radius 2 is 2.00 bits per heavy atom. The van der Waals surface area contributed by atoms with Crippen molar-refractivity contribution >= 4 is 5.78 Å². The smallest absolute Gasteiger partial charge is 0.170 e. The third-order valence-corrected chi connectivity index (χ3v) is 4.02. The molecule has 0 fully saturated rings. The van der Waals surface area contributed by atoms with Crippen LogP contribution in [0.1, 0.15) is 47.9 Å². The SMILES string of the molecule is CC(C)=CCc1cc2c(cc1O)OC(c1ccccc1)CC2=O. The molecular formula is C20H20O3. The minimum atomic E-state index is -0.292. The summed E-state index contributed by atoms with van der Waals surface area (Å²) in [4.78, 5) is 12.5. The Balaban J connectivity index is 1.92. The number of aromatic hydroxyl groups is 1. The zero-order valence-electron chi connectivity index (χ0n) is 13.4. The van der Waals surface area contributed by atoms with Gasteiger partial charge >= 0.3 is 0 Å². The Morgan fingerprint density at radius 3 is 2.70 bits per heavy atom. The average molecular weight is 308 g/mol. The number of carbonyl (C=O) groups is 1. The second kappa shape index (κ2) is 6.29. The highest BCUT2D eigenvalue weighted by atomic mass is 16.5. The standard InChI is InChI=1S/C20H20O3/c1-13(2)8-9-15-10-16-18(22)12-19(14-6-4-3-5-7-14)23-20(16)11-17(15)21/h3-8,10-11,19,21H,9,12H2,1-2H3. The Bertz CT molecular complexity index is 756. The van der Waals surface area contributed by atoms with Gasteiger partial charge in [0.05, 0.1) is 12.0 Å². The molecule has 0 aliphatic carbocycles. The van der Waals surface area contributed by atoms with Crippen LogP contribution in [-0.4, -0.2) is 10.9 Å². The Morgan fingerprint density at radius 1 is 1.26 bits per heavy atom. The topological polar surface area (TPSA) is 46.5 Å². The molecule has 118 valence electrons. The summed E-state index contributed by atoms with van der Waals surface area (Å²) in [6, 6.07) is 13.0. The normalized spacial score (nSPS) is 16.4. The molecule has 3 rings (SSSR count). The number of fused-ring (bicyclic) bond motifs is 1. The van der Waals surface area contributed by atoms with Crippen LogP contribution in [0, 0.1) is 0 Å². The van der Waals surface area contributed by atoms with Crippen LogP contribution in [0.2, 0.25) is 0 Å². The van der Waals surface area contributed by atoms with Crippen LogP contribution < -0.4 is 4.74 Å². The van der Waals surface area contributed by atoms with E-state index < -0.39 is 0 Å². The maximum absolute atomic E-state index is 12.5. The van der Waals surface area contributed by atoms with Crippen molar-refractivity contribution in [2.75, 3.05) is 0 Å². The molecule has 0 spiro atoms. The lowest BCUT2D eigenvalue weighted by molar-refractivity contribution is 0.0849. The molecule has 1 heterocycles. The van der Waals surface area contributed by atoms with Crippen LogP contribution >= 0.6 is 0 Å². The molecule has 1 atom stereocenters. The number of Topliss-reactive ketones (excluding diaryl/α,β-unsaturated/α-hetero) is 1. The number of hydrogen-bond donors (Lipinski definition) is 1. The van der Waals surface area contributed by atoms with Gasteiger partial charge in [0.1, 0.15) is 17.6 Å². The zero-order chi connectivity index (χ0) is 16.4. The van der Waals surface area contributed by atoms with E-state index in [-0.39, 0.29) is 17.6 Å². The first-order chi connectivity index (χ1) is 11.0. The van der Waals surface area contributed by atoms with Gasteiger partial charge in [0.25, 0.3) is 0 Å². The molecule has 1 unspecified atom stereocenters. The number of ether oxygens (including phenoxy) is 1. The molecule has 3 nitrogen and oxygen atoms in total. The highest BCUT2D eigenvalue weighted by Gasteiger charge is 2.28. The molecular weight excluding hydrogens is 288 g/mol. The van der Waals surface area contributed by atoms with Gasteiger partial charge in [-0.05, 0) is 37.5 Å². The summed E-state index contributed by atoms with van der Waals surface area (Å²) < 4.78 is 5.95. The molecule has 2 aromatic rings. The predicted octanol–water partition coefficient (Wildman–Crippen LogP) is 4.61. The second-order valence-corrected chi connectivity index (χ2v) is 6.11. The fraction of sp³-hybridized carbons (Fsp3) is 0.250. The van der Waals surface area contributed by atoms with Gasteiger partial charge in [-0.25, -0.2) is 0 Å². The van der Waals surface area contributed by atoms with Gasteiger partial charge in [-0.3, -0.25) is 4.79 Å². The molecule has 1 N–H and O–H groups in total. The van der Waals surface area contributed by atoms with E-state index in [0.717, 1.165) is 11.1 Å². The number of phenols is 1. The highest BCUT2D eigenvalue weighted by Crippen LogP contribution is 2.38. The molecule has 23 heavy (non-hydrogen) atoms. The minimum Gasteiger partial charge on any atom is -0.508 e. The quantitative estimate of drug-likeness (QED) is 0.842. The van der Waals surface area contributed by atoms with Crippen LogP contribution in [-0.2, 0) is 6.42 Å². The Kier molecular flexibility index (Phi) is 4.20. The zero-order valence-corrected chi connectivity index (χ0v) is 13.4. The van der Waals surface area contributed by atoms with Crippen LogP contribution in [0.15, 0.2) is 54.1 Å². The minimum absolute atomic E-state index is 0.0542. The summed E-state index contributed by atoms with van der Waals surface area (Å²) in [7, 11) is 0. The van der Waals surface area contributed by atoms with Crippen molar-refractivity contribution in [1.82, 2.24) is 0 Å². The third kappa shape index (κ3) is 3.29. The fourth-order valence-corrected chi connectivity index (χ4v) is 2.73. The number of carbonyl (C=O) groups excluding carboxylic acids is 1. The second-order valence-electron chi connectivity index (χ2n) is 6.11. The van der Waals surface area contributed by atoms with Crippen LogP contribution in [0.4, 0.5) is 0 Å². The van der Waals surface area contributed by atoms with E-state index in [1.165, 1.54) is 5.57 Å². The van der Waals surface area contributed by atoms with Crippen molar-refractivity contribution in [2.24, 2.45) is 0 Å². The van der Waals surface area contributed by atoms with E-state index in [1.54, 1.807) is 12.1 Å². The van der Waals surface area contributed by atoms with E-state index in [1.807, 2.05) is 50.3 Å². The number of hydrogen-bond acceptors (Lipinski definition) is 3. The van der Waals surface area contributed by atoms with Gasteiger partial charge in [-0.1, -0.05) is 42.0 Å². The van der Waals surface area contributed by atoms with Gasteiger partial charge in [0.15, 0.2) is 5.78 Å². The van der Waals surface area contributed by atoms with E-state index in [0.29, 0.717) is 24.2 Å². The number of benzene rings is 2. The largest absolute Gasteiger partial charge is 0.508 e. The molecule has 0 bridgehead atoms. The van der Waals surface area contributed by atoms with Crippen LogP contribution in [0.25, 0.3) is 0 Å². The number of ketones is 1. The highest BCUT2D eigenvalue weighted by molar-refractivity contribution is 6.00. The molecule has 1 aliphatic heterocycles.